The molecule has 1 aliphatic rings. The number of hydrogen-bond donors (Lipinski definition) is 2. The second-order valence-corrected chi connectivity index (χ2v) is 9.82. The number of ketones is 1. The number of H-pyrrole nitrogens is 1. The highest BCUT2D eigenvalue weighted by atomic mass is 16.2. The third-order valence-electron chi connectivity index (χ3n) is 7.46. The van der Waals surface area contributed by atoms with Gasteiger partial charge in [-0.15, -0.1) is 0 Å². The summed E-state index contributed by atoms with van der Waals surface area (Å²) in [6.07, 6.45) is 8.42. The van der Waals surface area contributed by atoms with E-state index in [0.29, 0.717) is 12.0 Å². The Hall–Kier alpha value is -4.30. The molecule has 0 unspecified atom stereocenters. The molecule has 4 aromatic rings. The van der Waals surface area contributed by atoms with Crippen molar-refractivity contribution in [3.8, 4) is 16.9 Å². The third kappa shape index (κ3) is 5.20. The molecule has 4 heterocycles. The fourth-order valence-electron chi connectivity index (χ4n) is 5.31. The molecule has 0 aliphatic carbocycles. The Kier molecular flexibility index (Phi) is 7.56. The van der Waals surface area contributed by atoms with Crippen LogP contribution in [0.3, 0.4) is 0 Å². The van der Waals surface area contributed by atoms with Crippen LogP contribution in [0.25, 0.3) is 28.6 Å². The van der Waals surface area contributed by atoms with Crippen molar-refractivity contribution in [1.29, 1.82) is 0 Å². The number of benzene rings is 1. The average Bonchev–Trinajstić information content (AvgIpc) is 3.63. The van der Waals surface area contributed by atoms with Crippen molar-refractivity contribution < 1.29 is 9.59 Å². The minimum absolute atomic E-state index is 0.140. The summed E-state index contributed by atoms with van der Waals surface area (Å²) in [5.41, 5.74) is 8.12. The van der Waals surface area contributed by atoms with Crippen molar-refractivity contribution in [2.75, 3.05) is 25.0 Å². The fraction of sp³-hybridized carbons (Fsp3) is 0.290. The number of Topliss-reactive ketones (excluding diaryl/α,β-unsaturated/α-hetero) is 1. The SMILES string of the molecule is CCN(CC)CCCC(=O)c1c(C)[nH]c(/C=C2\C(=O)Nc3ccc(-c4ccnn4-c4ccncc4)cc32)c1C. The summed E-state index contributed by atoms with van der Waals surface area (Å²) in [6.45, 7) is 11.0. The van der Waals surface area contributed by atoms with E-state index in [1.54, 1.807) is 18.6 Å². The van der Waals surface area contributed by atoms with E-state index in [0.717, 1.165) is 76.8 Å². The molecule has 0 saturated carbocycles. The molecule has 8 nitrogen and oxygen atoms in total. The highest BCUT2D eigenvalue weighted by Crippen LogP contribution is 2.37. The van der Waals surface area contributed by atoms with E-state index in [1.165, 1.54) is 0 Å². The second kappa shape index (κ2) is 11.2. The van der Waals surface area contributed by atoms with Crippen molar-refractivity contribution in [2.24, 2.45) is 0 Å². The standard InChI is InChI=1S/C31H34N6O2/c1-5-36(6-2)17-7-8-29(38)30-20(3)27(34-21(30)4)19-25-24-18-22(9-10-26(24)35-31(25)39)28-13-16-33-37(28)23-11-14-32-15-12-23/h9-16,18-19,34H,5-8,17H2,1-4H3,(H,35,39)/b25-19-. The summed E-state index contributed by atoms with van der Waals surface area (Å²) in [6, 6.07) is 11.7. The van der Waals surface area contributed by atoms with Gasteiger partial charge in [0.1, 0.15) is 0 Å². The normalized spacial score (nSPS) is 13.8. The average molecular weight is 523 g/mol. The van der Waals surface area contributed by atoms with E-state index in [9.17, 15) is 9.59 Å². The van der Waals surface area contributed by atoms with Crippen LogP contribution in [0, 0.1) is 13.8 Å². The van der Waals surface area contributed by atoms with Gasteiger partial charge in [0.05, 0.1) is 23.2 Å². The molecule has 200 valence electrons. The summed E-state index contributed by atoms with van der Waals surface area (Å²) in [5.74, 6) is -0.0236. The number of amides is 1. The van der Waals surface area contributed by atoms with Crippen LogP contribution < -0.4 is 5.32 Å². The first-order valence-electron chi connectivity index (χ1n) is 13.5. The van der Waals surface area contributed by atoms with Crippen LogP contribution in [0.5, 0.6) is 0 Å². The predicted octanol–water partition coefficient (Wildman–Crippen LogP) is 5.68. The monoisotopic (exact) mass is 522 g/mol. The molecule has 1 aliphatic heterocycles. The molecule has 39 heavy (non-hydrogen) atoms. The molecule has 1 amide bonds. The predicted molar refractivity (Wildman–Crippen MR) is 155 cm³/mol. The van der Waals surface area contributed by atoms with Gasteiger partial charge in [-0.2, -0.15) is 5.10 Å². The molecule has 1 aromatic carbocycles. The highest BCUT2D eigenvalue weighted by molar-refractivity contribution is 6.35. The number of rotatable bonds is 10. The van der Waals surface area contributed by atoms with Crippen LogP contribution in [0.2, 0.25) is 0 Å². The number of nitrogens with one attached hydrogen (secondary N) is 2. The summed E-state index contributed by atoms with van der Waals surface area (Å²) in [5, 5.41) is 7.47. The van der Waals surface area contributed by atoms with Gasteiger partial charge in [0.2, 0.25) is 0 Å². The van der Waals surface area contributed by atoms with Crippen LogP contribution >= 0.6 is 0 Å². The van der Waals surface area contributed by atoms with Crippen LogP contribution in [0.1, 0.15) is 59.6 Å². The Morgan fingerprint density at radius 2 is 1.82 bits per heavy atom. The number of fused-ring (bicyclic) bond motifs is 1. The zero-order chi connectivity index (χ0) is 27.5. The van der Waals surface area contributed by atoms with Crippen molar-refractivity contribution in [1.82, 2.24) is 24.6 Å². The second-order valence-electron chi connectivity index (χ2n) is 9.82. The van der Waals surface area contributed by atoms with Crippen molar-refractivity contribution in [3.05, 3.63) is 83.1 Å². The Morgan fingerprint density at radius 3 is 2.56 bits per heavy atom. The van der Waals surface area contributed by atoms with Gasteiger partial charge in [-0.05, 0) is 81.9 Å². The molecular formula is C31H34N6O2. The van der Waals surface area contributed by atoms with E-state index in [-0.39, 0.29) is 11.7 Å². The fourth-order valence-corrected chi connectivity index (χ4v) is 5.31. The number of nitrogens with zero attached hydrogens (tertiary/aromatic N) is 4. The molecule has 0 radical (unpaired) electrons. The number of carbonyl (C=O) groups excluding carboxylic acids is 2. The maximum absolute atomic E-state index is 13.1. The molecule has 2 N–H and O–H groups in total. The van der Waals surface area contributed by atoms with Gasteiger partial charge in [-0.25, -0.2) is 4.68 Å². The molecule has 0 atom stereocenters. The lowest BCUT2D eigenvalue weighted by Gasteiger charge is -2.17. The van der Waals surface area contributed by atoms with E-state index < -0.39 is 0 Å². The largest absolute Gasteiger partial charge is 0.358 e. The van der Waals surface area contributed by atoms with Gasteiger partial charge in [0, 0.05) is 52.6 Å². The number of aromatic amines is 1. The van der Waals surface area contributed by atoms with Gasteiger partial charge in [-0.3, -0.25) is 14.6 Å². The minimum Gasteiger partial charge on any atom is -0.358 e. The van der Waals surface area contributed by atoms with E-state index in [4.69, 9.17) is 0 Å². The number of aromatic nitrogens is 4. The first-order valence-corrected chi connectivity index (χ1v) is 13.5. The molecule has 8 heteroatoms. The Balaban J connectivity index is 1.44. The van der Waals surface area contributed by atoms with Crippen LogP contribution in [-0.2, 0) is 4.79 Å². The number of carbonyl (C=O) groups is 2. The first kappa shape index (κ1) is 26.3. The summed E-state index contributed by atoms with van der Waals surface area (Å²) in [4.78, 5) is 35.9. The Morgan fingerprint density at radius 1 is 1.05 bits per heavy atom. The van der Waals surface area contributed by atoms with Crippen LogP contribution in [0.4, 0.5) is 5.69 Å². The first-order chi connectivity index (χ1) is 18.9. The van der Waals surface area contributed by atoms with Gasteiger partial charge in [-0.1, -0.05) is 19.9 Å². The highest BCUT2D eigenvalue weighted by Gasteiger charge is 2.26. The van der Waals surface area contributed by atoms with Gasteiger partial charge in [0.15, 0.2) is 5.78 Å². The lowest BCUT2D eigenvalue weighted by molar-refractivity contribution is -0.110. The molecule has 0 saturated heterocycles. The maximum Gasteiger partial charge on any atom is 0.256 e. The third-order valence-corrected chi connectivity index (χ3v) is 7.46. The number of aryl methyl sites for hydroxylation is 1. The van der Waals surface area contributed by atoms with Crippen molar-refractivity contribution >= 4 is 29.0 Å². The molecular weight excluding hydrogens is 488 g/mol. The van der Waals surface area contributed by atoms with Gasteiger partial charge < -0.3 is 15.2 Å². The van der Waals surface area contributed by atoms with Crippen LogP contribution in [-0.4, -0.2) is 56.0 Å². The topological polar surface area (TPSA) is 95.9 Å². The quantitative estimate of drug-likeness (QED) is 0.206. The Bertz CT molecular complexity index is 1540. The van der Waals surface area contributed by atoms with E-state index in [2.05, 4.69) is 39.1 Å². The molecule has 0 spiro atoms. The molecule has 0 fully saturated rings. The van der Waals surface area contributed by atoms with Gasteiger partial charge >= 0.3 is 0 Å². The maximum atomic E-state index is 13.1. The number of anilines is 1. The molecule has 5 rings (SSSR count). The van der Waals surface area contributed by atoms with Crippen molar-refractivity contribution in [3.63, 3.8) is 0 Å². The lowest BCUT2D eigenvalue weighted by Crippen LogP contribution is -2.24. The smallest absolute Gasteiger partial charge is 0.256 e. The molecule has 3 aromatic heterocycles. The lowest BCUT2D eigenvalue weighted by atomic mass is 9.99. The summed E-state index contributed by atoms with van der Waals surface area (Å²) >= 11 is 0. The zero-order valence-corrected chi connectivity index (χ0v) is 22.9. The van der Waals surface area contributed by atoms with E-state index >= 15 is 0 Å². The van der Waals surface area contributed by atoms with E-state index in [1.807, 2.05) is 61.0 Å². The number of hydrogen-bond acceptors (Lipinski definition) is 5. The summed E-state index contributed by atoms with van der Waals surface area (Å²) in [7, 11) is 0. The van der Waals surface area contributed by atoms with Crippen LogP contribution in [0.15, 0.2) is 55.0 Å². The molecule has 0 bridgehead atoms. The van der Waals surface area contributed by atoms with Crippen molar-refractivity contribution in [2.45, 2.75) is 40.5 Å². The Labute approximate surface area is 228 Å². The van der Waals surface area contributed by atoms with Gasteiger partial charge in [0.25, 0.3) is 5.91 Å². The zero-order valence-electron chi connectivity index (χ0n) is 22.9. The minimum atomic E-state index is -0.163. The number of pyridine rings is 1. The summed E-state index contributed by atoms with van der Waals surface area (Å²) < 4.78 is 1.85.